The van der Waals surface area contributed by atoms with Gasteiger partial charge in [-0.2, -0.15) is 0 Å². The standard InChI is InChI=1S/C7H13N13/c8-5(1-3-6(13-17-9)14-18-10)2-4-7(15-19-11)16-20-12/h5-7H,1-4,8H2. The monoisotopic (exact) mass is 279 g/mol. The largest absolute Gasteiger partial charge is 0.328 e. The normalized spacial score (nSPS) is 13.4. The van der Waals surface area contributed by atoms with Gasteiger partial charge in [-0.3, -0.25) is 0 Å². The SMILES string of the molecule is [N-]=[N+]=NC(CCC(N)CCC(N=[N+]=[N-])N=[N+]=[N-])N=[N+]=[N-]. The van der Waals surface area contributed by atoms with Crippen molar-refractivity contribution in [1.29, 1.82) is 0 Å². The van der Waals surface area contributed by atoms with Gasteiger partial charge in [-0.1, -0.05) is 20.5 Å². The summed E-state index contributed by atoms with van der Waals surface area (Å²) in [5.41, 5.74) is 38.9. The summed E-state index contributed by atoms with van der Waals surface area (Å²) >= 11 is 0. The van der Waals surface area contributed by atoms with Gasteiger partial charge in [-0.05, 0) is 47.8 Å². The summed E-state index contributed by atoms with van der Waals surface area (Å²) < 4.78 is 0. The van der Waals surface area contributed by atoms with E-state index in [1.807, 2.05) is 0 Å². The Hall–Kier alpha value is -2.80. The van der Waals surface area contributed by atoms with Crippen LogP contribution in [0.2, 0.25) is 0 Å². The van der Waals surface area contributed by atoms with E-state index in [2.05, 4.69) is 40.1 Å². The zero-order valence-electron chi connectivity index (χ0n) is 10.5. The molecule has 0 heterocycles. The van der Waals surface area contributed by atoms with Crippen LogP contribution in [0.3, 0.4) is 0 Å². The Morgan fingerprint density at radius 3 is 1.20 bits per heavy atom. The predicted octanol–water partition coefficient (Wildman–Crippen LogP) is 3.77. The van der Waals surface area contributed by atoms with Crippen molar-refractivity contribution in [3.63, 3.8) is 0 Å². The van der Waals surface area contributed by atoms with Gasteiger partial charge in [0.15, 0.2) is 0 Å². The molecule has 13 heteroatoms. The van der Waals surface area contributed by atoms with Crippen molar-refractivity contribution in [3.8, 4) is 0 Å². The second kappa shape index (κ2) is 11.3. The smallest absolute Gasteiger partial charge is 0.116 e. The van der Waals surface area contributed by atoms with Crippen LogP contribution < -0.4 is 5.73 Å². The molecule has 0 saturated carbocycles. The van der Waals surface area contributed by atoms with Crippen molar-refractivity contribution in [3.05, 3.63) is 41.8 Å². The Morgan fingerprint density at radius 2 is 0.950 bits per heavy atom. The highest BCUT2D eigenvalue weighted by Crippen LogP contribution is 2.12. The number of hydrogen-bond acceptors (Lipinski definition) is 5. The van der Waals surface area contributed by atoms with Gasteiger partial charge in [0.1, 0.15) is 12.3 Å². The van der Waals surface area contributed by atoms with Crippen LogP contribution in [0.5, 0.6) is 0 Å². The molecular weight excluding hydrogens is 266 g/mol. The van der Waals surface area contributed by atoms with Crippen molar-refractivity contribution < 1.29 is 0 Å². The molecular formula is C7H13N13. The molecule has 0 saturated heterocycles. The number of azide groups is 2. The van der Waals surface area contributed by atoms with Crippen LogP contribution in [-0.4, -0.2) is 18.4 Å². The Balaban J connectivity index is 4.24. The van der Waals surface area contributed by atoms with Crippen molar-refractivity contribution in [1.82, 2.24) is 0 Å². The summed E-state index contributed by atoms with van der Waals surface area (Å²) in [6.07, 6.45) is -0.127. The molecule has 20 heavy (non-hydrogen) atoms. The van der Waals surface area contributed by atoms with Gasteiger partial charge in [-0.25, -0.2) is 0 Å². The zero-order valence-corrected chi connectivity index (χ0v) is 10.5. The maximum atomic E-state index is 8.27. The van der Waals surface area contributed by atoms with Gasteiger partial charge in [0, 0.05) is 25.7 Å². The first-order valence-electron chi connectivity index (χ1n) is 5.60. The first kappa shape index (κ1) is 17.2. The third kappa shape index (κ3) is 8.31. The van der Waals surface area contributed by atoms with E-state index in [4.69, 9.17) is 27.9 Å². The van der Waals surface area contributed by atoms with Gasteiger partial charge < -0.3 is 5.73 Å². The molecule has 0 aliphatic carbocycles. The van der Waals surface area contributed by atoms with Crippen molar-refractivity contribution >= 4 is 0 Å². The van der Waals surface area contributed by atoms with E-state index in [0.29, 0.717) is 25.7 Å². The molecule has 0 bridgehead atoms. The molecule has 0 radical (unpaired) electrons. The minimum Gasteiger partial charge on any atom is -0.328 e. The van der Waals surface area contributed by atoms with Crippen LogP contribution in [0.25, 0.3) is 41.8 Å². The molecule has 0 spiro atoms. The molecule has 0 rings (SSSR count). The lowest BCUT2D eigenvalue weighted by Crippen LogP contribution is -2.22. The maximum Gasteiger partial charge on any atom is 0.116 e. The summed E-state index contributed by atoms with van der Waals surface area (Å²) in [5.74, 6) is 0. The first-order valence-corrected chi connectivity index (χ1v) is 5.60. The first-order chi connectivity index (χ1) is 9.67. The number of nitrogens with two attached hydrogens (primary N) is 1. The van der Waals surface area contributed by atoms with E-state index in [1.54, 1.807) is 0 Å². The van der Waals surface area contributed by atoms with Gasteiger partial charge in [-0.15, -0.1) is 0 Å². The molecule has 2 N–H and O–H groups in total. The van der Waals surface area contributed by atoms with E-state index in [1.165, 1.54) is 0 Å². The molecule has 0 fully saturated rings. The number of rotatable bonds is 10. The van der Waals surface area contributed by atoms with Crippen LogP contribution in [0.15, 0.2) is 20.5 Å². The lowest BCUT2D eigenvalue weighted by molar-refractivity contribution is 0.468. The Kier molecular flexibility index (Phi) is 9.72. The summed E-state index contributed by atoms with van der Waals surface area (Å²) in [5, 5.41) is 13.2. The average molecular weight is 279 g/mol. The number of hydrogen-bond donors (Lipinski definition) is 1. The van der Waals surface area contributed by atoms with Crippen LogP contribution in [-0.2, 0) is 0 Å². The van der Waals surface area contributed by atoms with E-state index in [-0.39, 0.29) is 6.04 Å². The molecule has 0 aliphatic rings. The fraction of sp³-hybridized carbons (Fsp3) is 1.00. The third-order valence-electron chi connectivity index (χ3n) is 2.33. The van der Waals surface area contributed by atoms with Crippen LogP contribution in [0, 0.1) is 0 Å². The number of nitrogens with zero attached hydrogens (tertiary/aromatic N) is 12. The lowest BCUT2D eigenvalue weighted by atomic mass is 10.1. The van der Waals surface area contributed by atoms with Crippen LogP contribution in [0.4, 0.5) is 0 Å². The van der Waals surface area contributed by atoms with Crippen molar-refractivity contribution in [2.24, 2.45) is 26.2 Å². The molecule has 0 aliphatic heterocycles. The zero-order chi connectivity index (χ0) is 15.2. The summed E-state index contributed by atoms with van der Waals surface area (Å²) in [4.78, 5) is 10.3. The molecule has 0 amide bonds. The van der Waals surface area contributed by atoms with E-state index in [0.717, 1.165) is 0 Å². The summed E-state index contributed by atoms with van der Waals surface area (Å²) in [6, 6.07) is -0.287. The van der Waals surface area contributed by atoms with E-state index in [9.17, 15) is 0 Å². The second-order valence-electron chi connectivity index (χ2n) is 3.70. The predicted molar refractivity (Wildman–Crippen MR) is 70.6 cm³/mol. The Bertz CT molecular complexity index is 393. The van der Waals surface area contributed by atoms with Crippen molar-refractivity contribution in [2.45, 2.75) is 44.1 Å². The van der Waals surface area contributed by atoms with Crippen molar-refractivity contribution in [2.75, 3.05) is 0 Å². The van der Waals surface area contributed by atoms with Crippen LogP contribution >= 0.6 is 0 Å². The molecule has 106 valence electrons. The Labute approximate surface area is 113 Å². The van der Waals surface area contributed by atoms with Gasteiger partial charge in [0.05, 0.1) is 0 Å². The molecule has 0 aromatic heterocycles. The van der Waals surface area contributed by atoms with Gasteiger partial charge in [0.2, 0.25) is 0 Å². The second-order valence-corrected chi connectivity index (χ2v) is 3.70. The average Bonchev–Trinajstić information content (AvgIpc) is 2.43. The molecule has 0 atom stereocenters. The minimum absolute atomic E-state index is 0.287. The minimum atomic E-state index is -0.818. The van der Waals surface area contributed by atoms with Gasteiger partial charge in [0.25, 0.3) is 0 Å². The quantitative estimate of drug-likeness (QED) is 0.351. The highest BCUT2D eigenvalue weighted by molar-refractivity contribution is 4.73. The molecule has 0 aromatic rings. The highest BCUT2D eigenvalue weighted by Gasteiger charge is 2.11. The van der Waals surface area contributed by atoms with E-state index < -0.39 is 12.3 Å². The fourth-order valence-corrected chi connectivity index (χ4v) is 1.39. The highest BCUT2D eigenvalue weighted by atomic mass is 15.3. The fourth-order valence-electron chi connectivity index (χ4n) is 1.39. The third-order valence-corrected chi connectivity index (χ3v) is 2.33. The maximum absolute atomic E-state index is 8.27. The van der Waals surface area contributed by atoms with Gasteiger partial charge >= 0.3 is 0 Å². The topological polar surface area (TPSA) is 221 Å². The molecule has 13 nitrogen and oxygen atoms in total. The van der Waals surface area contributed by atoms with E-state index >= 15 is 0 Å². The molecule has 0 unspecified atom stereocenters. The summed E-state index contributed by atoms with van der Waals surface area (Å²) in [6.45, 7) is 0. The molecule has 0 aromatic carbocycles. The summed E-state index contributed by atoms with van der Waals surface area (Å²) in [7, 11) is 0. The Morgan fingerprint density at radius 1 is 0.650 bits per heavy atom. The van der Waals surface area contributed by atoms with Crippen LogP contribution in [0.1, 0.15) is 25.7 Å². The lowest BCUT2D eigenvalue weighted by Gasteiger charge is -2.13.